The standard InChI is InChI=1S/C14H24N4O3/c1-15-13(16-6-4-12(20)21-2)18-7-3-5-14(10-18)8-11(19)17-9-14/h3-10H2,1-2H3,(H,15,16)(H,17,19). The third kappa shape index (κ3) is 3.86. The largest absolute Gasteiger partial charge is 0.469 e. The molecule has 2 fully saturated rings. The summed E-state index contributed by atoms with van der Waals surface area (Å²) in [5.41, 5.74) is 0.0370. The maximum absolute atomic E-state index is 11.5. The van der Waals surface area contributed by atoms with Crippen LogP contribution in [0, 0.1) is 5.41 Å². The van der Waals surface area contributed by atoms with Crippen LogP contribution in [0.25, 0.3) is 0 Å². The Morgan fingerprint density at radius 1 is 1.57 bits per heavy atom. The molecule has 0 bridgehead atoms. The summed E-state index contributed by atoms with van der Waals surface area (Å²) < 4.78 is 4.62. The molecule has 21 heavy (non-hydrogen) atoms. The van der Waals surface area contributed by atoms with E-state index in [1.807, 2.05) is 0 Å². The predicted octanol–water partition coefficient (Wildman–Crippen LogP) is -0.273. The van der Waals surface area contributed by atoms with Crippen molar-refractivity contribution >= 4 is 17.8 Å². The van der Waals surface area contributed by atoms with Gasteiger partial charge < -0.3 is 20.3 Å². The number of likely N-dealkylation sites (tertiary alicyclic amines) is 1. The maximum Gasteiger partial charge on any atom is 0.307 e. The number of carbonyl (C=O) groups is 2. The van der Waals surface area contributed by atoms with Gasteiger partial charge in [-0.15, -0.1) is 0 Å². The minimum Gasteiger partial charge on any atom is -0.469 e. The van der Waals surface area contributed by atoms with Crippen LogP contribution >= 0.6 is 0 Å². The Morgan fingerprint density at radius 3 is 3.00 bits per heavy atom. The highest BCUT2D eigenvalue weighted by molar-refractivity contribution is 5.82. The maximum atomic E-state index is 11.5. The Hall–Kier alpha value is -1.79. The second kappa shape index (κ2) is 6.78. The summed E-state index contributed by atoms with van der Waals surface area (Å²) in [6, 6.07) is 0. The van der Waals surface area contributed by atoms with Crippen molar-refractivity contribution in [1.82, 2.24) is 15.5 Å². The third-order valence-corrected chi connectivity index (χ3v) is 4.21. The van der Waals surface area contributed by atoms with Crippen molar-refractivity contribution in [3.8, 4) is 0 Å². The SMILES string of the molecule is CN=C(NCCC(=O)OC)N1CCCC2(CNC(=O)C2)C1. The molecule has 1 atom stereocenters. The first kappa shape index (κ1) is 15.6. The van der Waals surface area contributed by atoms with E-state index in [1.54, 1.807) is 7.05 Å². The zero-order chi connectivity index (χ0) is 15.3. The zero-order valence-electron chi connectivity index (χ0n) is 12.8. The normalized spacial score (nSPS) is 25.9. The van der Waals surface area contributed by atoms with Crippen molar-refractivity contribution in [2.75, 3.05) is 40.3 Å². The van der Waals surface area contributed by atoms with Gasteiger partial charge >= 0.3 is 5.97 Å². The fraction of sp³-hybridized carbons (Fsp3) is 0.786. The molecule has 1 amide bonds. The average Bonchev–Trinajstić information content (AvgIpc) is 2.83. The lowest BCUT2D eigenvalue weighted by Crippen LogP contribution is -2.51. The molecule has 2 aliphatic rings. The number of ether oxygens (including phenoxy) is 1. The summed E-state index contributed by atoms with van der Waals surface area (Å²) in [6.07, 6.45) is 3.03. The monoisotopic (exact) mass is 296 g/mol. The van der Waals surface area contributed by atoms with Crippen LogP contribution in [0.15, 0.2) is 4.99 Å². The van der Waals surface area contributed by atoms with Crippen molar-refractivity contribution in [3.63, 3.8) is 0 Å². The van der Waals surface area contributed by atoms with E-state index in [4.69, 9.17) is 0 Å². The van der Waals surface area contributed by atoms with E-state index in [0.717, 1.165) is 38.4 Å². The van der Waals surface area contributed by atoms with Crippen LogP contribution in [0.3, 0.4) is 0 Å². The Balaban J connectivity index is 1.89. The molecule has 1 unspecified atom stereocenters. The van der Waals surface area contributed by atoms with Gasteiger partial charge in [-0.2, -0.15) is 0 Å². The number of methoxy groups -OCH3 is 1. The minimum atomic E-state index is -0.237. The third-order valence-electron chi connectivity index (χ3n) is 4.21. The lowest BCUT2D eigenvalue weighted by atomic mass is 9.79. The number of nitrogens with one attached hydrogen (secondary N) is 2. The molecule has 0 radical (unpaired) electrons. The second-order valence-electron chi connectivity index (χ2n) is 5.78. The van der Waals surface area contributed by atoms with Gasteiger partial charge in [0.05, 0.1) is 13.5 Å². The zero-order valence-corrected chi connectivity index (χ0v) is 12.8. The van der Waals surface area contributed by atoms with E-state index in [2.05, 4.69) is 25.3 Å². The van der Waals surface area contributed by atoms with Gasteiger partial charge in [0, 0.05) is 45.1 Å². The fourth-order valence-corrected chi connectivity index (χ4v) is 3.14. The Bertz CT molecular complexity index is 438. The first-order valence-corrected chi connectivity index (χ1v) is 7.38. The van der Waals surface area contributed by atoms with E-state index < -0.39 is 0 Å². The molecule has 2 rings (SSSR count). The van der Waals surface area contributed by atoms with Crippen LogP contribution in [-0.4, -0.2) is 63.1 Å². The summed E-state index contributed by atoms with van der Waals surface area (Å²) in [5, 5.41) is 6.13. The Kier molecular flexibility index (Phi) is 5.03. The van der Waals surface area contributed by atoms with E-state index in [0.29, 0.717) is 19.4 Å². The van der Waals surface area contributed by atoms with Gasteiger partial charge in [-0.3, -0.25) is 14.6 Å². The van der Waals surface area contributed by atoms with Crippen LogP contribution in [-0.2, 0) is 14.3 Å². The van der Waals surface area contributed by atoms with Crippen molar-refractivity contribution in [1.29, 1.82) is 0 Å². The number of carbonyl (C=O) groups excluding carboxylic acids is 2. The molecule has 2 saturated heterocycles. The minimum absolute atomic E-state index is 0.0370. The van der Waals surface area contributed by atoms with Gasteiger partial charge in [0.2, 0.25) is 5.91 Å². The number of nitrogens with zero attached hydrogens (tertiary/aromatic N) is 2. The molecule has 2 heterocycles. The summed E-state index contributed by atoms with van der Waals surface area (Å²) in [7, 11) is 3.12. The molecule has 0 aromatic rings. The number of amides is 1. The molecular formula is C14H24N4O3. The molecule has 7 nitrogen and oxygen atoms in total. The molecule has 0 saturated carbocycles. The summed E-state index contributed by atoms with van der Waals surface area (Å²) in [4.78, 5) is 29.1. The number of hydrogen-bond donors (Lipinski definition) is 2. The van der Waals surface area contributed by atoms with Crippen LogP contribution in [0.5, 0.6) is 0 Å². The molecule has 0 aliphatic carbocycles. The highest BCUT2D eigenvalue weighted by Crippen LogP contribution is 2.35. The second-order valence-corrected chi connectivity index (χ2v) is 5.78. The van der Waals surface area contributed by atoms with Crippen molar-refractivity contribution in [2.45, 2.75) is 25.7 Å². The van der Waals surface area contributed by atoms with E-state index in [9.17, 15) is 9.59 Å². The topological polar surface area (TPSA) is 83.0 Å². The van der Waals surface area contributed by atoms with Crippen LogP contribution in [0.4, 0.5) is 0 Å². The molecular weight excluding hydrogens is 272 g/mol. The number of aliphatic imine (C=N–C) groups is 1. The van der Waals surface area contributed by atoms with Gasteiger partial charge in [-0.05, 0) is 12.8 Å². The molecule has 2 aliphatic heterocycles. The molecule has 0 aromatic heterocycles. The average molecular weight is 296 g/mol. The van der Waals surface area contributed by atoms with E-state index in [-0.39, 0.29) is 17.3 Å². The van der Waals surface area contributed by atoms with Crippen molar-refractivity contribution < 1.29 is 14.3 Å². The van der Waals surface area contributed by atoms with Gasteiger partial charge in [0.1, 0.15) is 0 Å². The number of guanidine groups is 1. The molecule has 7 heteroatoms. The van der Waals surface area contributed by atoms with Gasteiger partial charge in [-0.1, -0.05) is 0 Å². The predicted molar refractivity (Wildman–Crippen MR) is 78.9 cm³/mol. The van der Waals surface area contributed by atoms with Crippen LogP contribution in [0.1, 0.15) is 25.7 Å². The molecule has 0 aromatic carbocycles. The molecule has 1 spiro atoms. The molecule has 118 valence electrons. The number of esters is 1. The number of piperidine rings is 1. The lowest BCUT2D eigenvalue weighted by Gasteiger charge is -2.40. The van der Waals surface area contributed by atoms with Crippen molar-refractivity contribution in [3.05, 3.63) is 0 Å². The summed E-state index contributed by atoms with van der Waals surface area (Å²) in [6.45, 7) is 3.00. The van der Waals surface area contributed by atoms with E-state index >= 15 is 0 Å². The summed E-state index contributed by atoms with van der Waals surface area (Å²) in [5.74, 6) is 0.696. The van der Waals surface area contributed by atoms with Gasteiger partial charge in [0.15, 0.2) is 5.96 Å². The quantitative estimate of drug-likeness (QED) is 0.425. The lowest BCUT2D eigenvalue weighted by molar-refractivity contribution is -0.140. The highest BCUT2D eigenvalue weighted by Gasteiger charge is 2.42. The van der Waals surface area contributed by atoms with Gasteiger partial charge in [-0.25, -0.2) is 0 Å². The number of rotatable bonds is 3. The Morgan fingerprint density at radius 2 is 2.38 bits per heavy atom. The smallest absolute Gasteiger partial charge is 0.307 e. The van der Waals surface area contributed by atoms with Crippen LogP contribution < -0.4 is 10.6 Å². The van der Waals surface area contributed by atoms with Crippen LogP contribution in [0.2, 0.25) is 0 Å². The first-order chi connectivity index (χ1) is 10.1. The van der Waals surface area contributed by atoms with Crippen molar-refractivity contribution in [2.24, 2.45) is 10.4 Å². The Labute approximate surface area is 125 Å². The van der Waals surface area contributed by atoms with Gasteiger partial charge in [0.25, 0.3) is 0 Å². The highest BCUT2D eigenvalue weighted by atomic mass is 16.5. The van der Waals surface area contributed by atoms with E-state index in [1.165, 1.54) is 7.11 Å². The number of hydrogen-bond acceptors (Lipinski definition) is 4. The molecule has 2 N–H and O–H groups in total. The first-order valence-electron chi connectivity index (χ1n) is 7.38. The summed E-state index contributed by atoms with van der Waals surface area (Å²) >= 11 is 0. The fourth-order valence-electron chi connectivity index (χ4n) is 3.14.